The fraction of sp³-hybridized carbons (Fsp3) is 0.839. The molecule has 0 bridgehead atoms. The third-order valence-corrected chi connectivity index (χ3v) is 10.3. The minimum absolute atomic E-state index is 0.213. The molecular formula is C31H61N5O10P+. The number of nitrogens with one attached hydrogen (secondary N) is 4. The number of nitrogens with zero attached hydrogens (tertiary/aromatic N) is 1. The van der Waals surface area contributed by atoms with Gasteiger partial charge in [0.2, 0.25) is 30.0 Å². The maximum Gasteiger partial charge on any atom is 0.313 e. The number of carbonyl (C=O) groups is 5. The van der Waals surface area contributed by atoms with E-state index in [1.807, 2.05) is 25.7 Å². The molecule has 0 spiro atoms. The average Bonchev–Trinajstić information content (AvgIpc) is 3.45. The molecule has 0 aliphatic carbocycles. The highest BCUT2D eigenvalue weighted by Crippen LogP contribution is 2.80. The maximum absolute atomic E-state index is 11.7. The molecule has 2 saturated heterocycles. The zero-order chi connectivity index (χ0) is 35.3. The number of methoxy groups -OCH3 is 1. The molecule has 274 valence electrons. The quantitative estimate of drug-likeness (QED) is 0.0501. The molecule has 47 heavy (non-hydrogen) atoms. The van der Waals surface area contributed by atoms with Crippen molar-refractivity contribution in [3.8, 4) is 0 Å². The van der Waals surface area contributed by atoms with Crippen molar-refractivity contribution in [1.29, 1.82) is 0 Å². The topological polar surface area (TPSA) is 186 Å². The Hall–Kier alpha value is -2.42. The molecular weight excluding hydrogens is 633 g/mol. The molecule has 2 unspecified atom stereocenters. The molecule has 5 amide bonds. The highest BCUT2D eigenvalue weighted by Gasteiger charge is 2.66. The van der Waals surface area contributed by atoms with Gasteiger partial charge in [-0.3, -0.25) is 24.0 Å². The molecule has 3 atom stereocenters. The number of unbranched alkanes of at least 4 members (excludes halogenated alkanes) is 2. The third-order valence-electron chi connectivity index (χ3n) is 6.92. The predicted molar refractivity (Wildman–Crippen MR) is 181 cm³/mol. The highest BCUT2D eigenvalue weighted by molar-refractivity contribution is 7.72. The van der Waals surface area contributed by atoms with Crippen molar-refractivity contribution in [3.63, 3.8) is 0 Å². The summed E-state index contributed by atoms with van der Waals surface area (Å²) in [7, 11) is 0.119. The molecule has 2 aliphatic rings. The van der Waals surface area contributed by atoms with E-state index in [0.717, 1.165) is 44.9 Å². The summed E-state index contributed by atoms with van der Waals surface area (Å²) >= 11 is 0. The monoisotopic (exact) mass is 694 g/mol. The summed E-state index contributed by atoms with van der Waals surface area (Å²) in [6.07, 6.45) is 7.76. The summed E-state index contributed by atoms with van der Waals surface area (Å²) in [6, 6.07) is 0. The van der Waals surface area contributed by atoms with Crippen molar-refractivity contribution in [2.24, 2.45) is 0 Å². The second kappa shape index (κ2) is 28.6. The Morgan fingerprint density at radius 1 is 0.872 bits per heavy atom. The van der Waals surface area contributed by atoms with Crippen LogP contribution in [0.25, 0.3) is 0 Å². The van der Waals surface area contributed by atoms with E-state index in [0.29, 0.717) is 58.3 Å². The first-order valence-corrected chi connectivity index (χ1v) is 18.7. The molecule has 0 saturated carbocycles. The van der Waals surface area contributed by atoms with Crippen LogP contribution < -0.4 is 21.3 Å². The first kappa shape index (κ1) is 44.6. The molecule has 2 aliphatic heterocycles. The van der Waals surface area contributed by atoms with Gasteiger partial charge >= 0.3 is 7.72 Å². The van der Waals surface area contributed by atoms with Crippen LogP contribution in [0.15, 0.2) is 0 Å². The normalized spacial score (nSPS) is 19.3. The van der Waals surface area contributed by atoms with Crippen LogP contribution in [0.5, 0.6) is 0 Å². The summed E-state index contributed by atoms with van der Waals surface area (Å²) in [4.78, 5) is 58.0. The summed E-state index contributed by atoms with van der Waals surface area (Å²) in [5.41, 5.74) is 0. The van der Waals surface area contributed by atoms with Gasteiger partial charge in [-0.05, 0) is 19.3 Å². The van der Waals surface area contributed by atoms with E-state index in [1.54, 1.807) is 7.11 Å². The van der Waals surface area contributed by atoms with Crippen molar-refractivity contribution >= 4 is 37.8 Å². The Balaban J connectivity index is 0.00000110. The molecule has 15 nitrogen and oxygen atoms in total. The number of rotatable bonds is 24. The second-order valence-corrected chi connectivity index (χ2v) is 13.7. The zero-order valence-corrected chi connectivity index (χ0v) is 30.3. The number of likely N-dealkylation sites (tertiary alicyclic amines) is 1. The van der Waals surface area contributed by atoms with Crippen LogP contribution in [0.3, 0.4) is 0 Å². The standard InChI is InChI=1S/C18H33N4O8P.C11H21NO2.C2H6/c1-3-10-31(15(2)30-31)29-9-8-28-7-6-27-5-4-20-17(25)12-22-18(26)13-21-16(24)11-19-14-23;1-3-4-5-6-11(13)12-8-7-10(9-12)14-2;1-2/h14-15H,3-13H2,1-2H3,(H3-,19,20,21,22,23,24,25,26);10H,3-9H2,1-2H3;1-2H3/p+1/t;10-;/m.0./s1. The van der Waals surface area contributed by atoms with E-state index in [4.69, 9.17) is 23.3 Å². The summed E-state index contributed by atoms with van der Waals surface area (Å²) in [5, 5.41) is 9.42. The van der Waals surface area contributed by atoms with Crippen LogP contribution in [-0.2, 0) is 47.2 Å². The van der Waals surface area contributed by atoms with Crippen molar-refractivity contribution in [1.82, 2.24) is 26.2 Å². The van der Waals surface area contributed by atoms with Crippen LogP contribution in [0.4, 0.5) is 0 Å². The van der Waals surface area contributed by atoms with Gasteiger partial charge in [-0.25, -0.2) is 4.52 Å². The minimum Gasteiger partial charge on any atom is -0.380 e. The highest BCUT2D eigenvalue weighted by atomic mass is 31.2. The Kier molecular flexibility index (Phi) is 27.1. The van der Waals surface area contributed by atoms with Crippen LogP contribution >= 0.6 is 7.72 Å². The molecule has 4 N–H and O–H groups in total. The number of ether oxygens (including phenoxy) is 3. The Labute approximate surface area is 281 Å². The molecule has 2 rings (SSSR count). The van der Waals surface area contributed by atoms with Gasteiger partial charge in [-0.2, -0.15) is 4.52 Å². The van der Waals surface area contributed by atoms with Crippen LogP contribution in [0, 0.1) is 0 Å². The smallest absolute Gasteiger partial charge is 0.313 e. The van der Waals surface area contributed by atoms with Crippen LogP contribution in [0.1, 0.15) is 73.1 Å². The Morgan fingerprint density at radius 2 is 1.47 bits per heavy atom. The fourth-order valence-corrected chi connectivity index (χ4v) is 6.98. The van der Waals surface area contributed by atoms with Crippen molar-refractivity contribution in [3.05, 3.63) is 0 Å². The van der Waals surface area contributed by atoms with Gasteiger partial charge in [0.25, 0.3) is 5.85 Å². The van der Waals surface area contributed by atoms with E-state index in [1.165, 1.54) is 6.42 Å². The number of hydrogen-bond acceptors (Lipinski definition) is 10. The maximum atomic E-state index is 11.7. The number of amides is 5. The SMILES string of the molecule is CC.CCCCCC(=O)N1CC[C@H](OC)C1.CCC[P+]1(OCCOCCOCCNC(=O)CNC(=O)CNC(=O)CNC=O)OC1C. The van der Waals surface area contributed by atoms with E-state index >= 15 is 0 Å². The molecule has 2 heterocycles. The fourth-order valence-electron chi connectivity index (χ4n) is 4.32. The van der Waals surface area contributed by atoms with E-state index in [2.05, 4.69) is 35.1 Å². The first-order valence-electron chi connectivity index (χ1n) is 16.8. The average molecular weight is 695 g/mol. The van der Waals surface area contributed by atoms with Gasteiger partial charge in [0.15, 0.2) is 0 Å². The number of carbonyl (C=O) groups excluding carboxylic acids is 5. The lowest BCUT2D eigenvalue weighted by Gasteiger charge is -2.15. The van der Waals surface area contributed by atoms with Gasteiger partial charge in [-0.15, -0.1) is 0 Å². The lowest BCUT2D eigenvalue weighted by Crippen LogP contribution is -2.44. The van der Waals surface area contributed by atoms with Crippen molar-refractivity contribution in [2.45, 2.75) is 85.1 Å². The largest absolute Gasteiger partial charge is 0.380 e. The minimum atomic E-state index is -1.60. The van der Waals surface area contributed by atoms with Crippen LogP contribution in [0.2, 0.25) is 0 Å². The van der Waals surface area contributed by atoms with Crippen molar-refractivity contribution < 1.29 is 47.2 Å². The zero-order valence-electron chi connectivity index (χ0n) is 29.4. The van der Waals surface area contributed by atoms with E-state index in [9.17, 15) is 24.0 Å². The van der Waals surface area contributed by atoms with Crippen LogP contribution in [-0.4, -0.2) is 132 Å². The van der Waals surface area contributed by atoms with E-state index in [-0.39, 0.29) is 37.5 Å². The molecule has 16 heteroatoms. The van der Waals surface area contributed by atoms with Gasteiger partial charge in [0.1, 0.15) is 12.8 Å². The number of hydrogen-bond donors (Lipinski definition) is 4. The molecule has 2 fully saturated rings. The molecule has 0 aromatic carbocycles. The Bertz CT molecular complexity index is 888. The van der Waals surface area contributed by atoms with Crippen molar-refractivity contribution in [2.75, 3.05) is 85.6 Å². The van der Waals surface area contributed by atoms with Gasteiger partial charge in [0, 0.05) is 40.1 Å². The summed E-state index contributed by atoms with van der Waals surface area (Å²) < 4.78 is 27.5. The third kappa shape index (κ3) is 22.0. The lowest BCUT2D eigenvalue weighted by molar-refractivity contribution is -0.130. The predicted octanol–water partition coefficient (Wildman–Crippen LogP) is 1.60. The van der Waals surface area contributed by atoms with Gasteiger partial charge in [-0.1, -0.05) is 40.5 Å². The van der Waals surface area contributed by atoms with Gasteiger partial charge < -0.3 is 40.4 Å². The van der Waals surface area contributed by atoms with E-state index < -0.39 is 19.5 Å². The second-order valence-electron chi connectivity index (χ2n) is 10.6. The molecule has 0 radical (unpaired) electrons. The molecule has 0 aromatic rings. The summed E-state index contributed by atoms with van der Waals surface area (Å²) in [6.45, 7) is 13.7. The molecule has 0 aromatic heterocycles. The lowest BCUT2D eigenvalue weighted by atomic mass is 10.2. The van der Waals surface area contributed by atoms with Gasteiger partial charge in [0.05, 0.1) is 52.2 Å². The Morgan fingerprint density at radius 3 is 2.02 bits per heavy atom. The first-order chi connectivity index (χ1) is 22.7. The summed E-state index contributed by atoms with van der Waals surface area (Å²) in [5.74, 6) is -0.846.